The number of carbonyl (C=O) groups excluding carboxylic acids is 2. The summed E-state index contributed by atoms with van der Waals surface area (Å²) < 4.78 is 5.24. The maximum absolute atomic E-state index is 12.1. The van der Waals surface area contributed by atoms with Crippen molar-refractivity contribution in [3.63, 3.8) is 0 Å². The van der Waals surface area contributed by atoms with Crippen LogP contribution in [0.5, 0.6) is 0 Å². The van der Waals surface area contributed by atoms with Gasteiger partial charge in [-0.25, -0.2) is 9.59 Å². The molecule has 26 heavy (non-hydrogen) atoms. The van der Waals surface area contributed by atoms with E-state index in [0.29, 0.717) is 6.42 Å². The van der Waals surface area contributed by atoms with Crippen molar-refractivity contribution in [2.24, 2.45) is 0 Å². The first-order chi connectivity index (χ1) is 12.5. The van der Waals surface area contributed by atoms with E-state index in [1.165, 1.54) is 0 Å². The molecule has 6 nitrogen and oxygen atoms in total. The molecule has 0 saturated heterocycles. The van der Waals surface area contributed by atoms with Gasteiger partial charge in [0.2, 0.25) is 0 Å². The third kappa shape index (κ3) is 7.25. The Balaban J connectivity index is 1.93. The highest BCUT2D eigenvalue weighted by Gasteiger charge is 2.17. The Morgan fingerprint density at radius 3 is 2.00 bits per heavy atom. The Morgan fingerprint density at radius 2 is 1.42 bits per heavy atom. The summed E-state index contributed by atoms with van der Waals surface area (Å²) in [6, 6.07) is 18.7. The molecule has 0 radical (unpaired) electrons. The number of ether oxygens (including phenoxy) is 1. The zero-order valence-corrected chi connectivity index (χ0v) is 15.1. The van der Waals surface area contributed by atoms with Gasteiger partial charge >= 0.3 is 12.1 Å². The molecule has 6 heteroatoms. The molecule has 0 bridgehead atoms. The molecule has 2 aromatic carbocycles. The van der Waals surface area contributed by atoms with Gasteiger partial charge in [0.25, 0.3) is 0 Å². The minimum atomic E-state index is -0.584. The van der Waals surface area contributed by atoms with Crippen molar-refractivity contribution in [3.05, 3.63) is 71.8 Å². The van der Waals surface area contributed by atoms with Crippen LogP contribution in [0.2, 0.25) is 0 Å². The number of alkyl carbamates (subject to hydrolysis) is 1. The van der Waals surface area contributed by atoms with E-state index in [2.05, 4.69) is 16.0 Å². The van der Waals surface area contributed by atoms with Crippen molar-refractivity contribution in [2.75, 3.05) is 0 Å². The summed E-state index contributed by atoms with van der Waals surface area (Å²) in [5.74, 6) is 0. The first-order valence-electron chi connectivity index (χ1n) is 8.61. The molecule has 2 rings (SSSR count). The van der Waals surface area contributed by atoms with Gasteiger partial charge in [0.05, 0.1) is 0 Å². The summed E-state index contributed by atoms with van der Waals surface area (Å²) in [6.45, 7) is 3.91. The lowest BCUT2D eigenvalue weighted by atomic mass is 10.1. The second-order valence-corrected chi connectivity index (χ2v) is 6.22. The van der Waals surface area contributed by atoms with Gasteiger partial charge in [-0.2, -0.15) is 0 Å². The molecule has 3 N–H and O–H groups in total. The number of rotatable bonds is 7. The maximum atomic E-state index is 12.1. The van der Waals surface area contributed by atoms with Gasteiger partial charge in [0, 0.05) is 12.5 Å². The monoisotopic (exact) mass is 355 g/mol. The van der Waals surface area contributed by atoms with Crippen LogP contribution in [-0.2, 0) is 17.8 Å². The molecule has 0 aliphatic carbocycles. The zero-order valence-electron chi connectivity index (χ0n) is 15.1. The molecule has 0 spiro atoms. The third-order valence-electron chi connectivity index (χ3n) is 3.51. The lowest BCUT2D eigenvalue weighted by Crippen LogP contribution is -2.53. The van der Waals surface area contributed by atoms with Crippen LogP contribution in [0.25, 0.3) is 0 Å². The van der Waals surface area contributed by atoms with Gasteiger partial charge in [0.1, 0.15) is 12.8 Å². The summed E-state index contributed by atoms with van der Waals surface area (Å²) in [7, 11) is 0. The van der Waals surface area contributed by atoms with Crippen molar-refractivity contribution in [3.8, 4) is 0 Å². The standard InChI is InChI=1S/C20H25N3O3/c1-15(2)21-19(24)22-18(13-16-9-5-3-6-10-16)23-20(25)26-14-17-11-7-4-8-12-17/h3-12,15,18H,13-14H2,1-2H3,(H,23,25)(H2,21,22,24)/t18-/m1/s1. The van der Waals surface area contributed by atoms with Crippen LogP contribution in [0.1, 0.15) is 25.0 Å². The van der Waals surface area contributed by atoms with Gasteiger partial charge in [-0.3, -0.25) is 0 Å². The number of carbonyl (C=O) groups is 2. The van der Waals surface area contributed by atoms with Gasteiger partial charge in [-0.1, -0.05) is 60.7 Å². The quantitative estimate of drug-likeness (QED) is 0.667. The number of benzene rings is 2. The van der Waals surface area contributed by atoms with E-state index < -0.39 is 12.3 Å². The lowest BCUT2D eigenvalue weighted by Gasteiger charge is -2.21. The van der Waals surface area contributed by atoms with Crippen LogP contribution in [-0.4, -0.2) is 24.3 Å². The fraction of sp³-hybridized carbons (Fsp3) is 0.300. The number of nitrogens with one attached hydrogen (secondary N) is 3. The second-order valence-electron chi connectivity index (χ2n) is 6.22. The van der Waals surface area contributed by atoms with Gasteiger partial charge in [-0.15, -0.1) is 0 Å². The van der Waals surface area contributed by atoms with Gasteiger partial charge in [-0.05, 0) is 25.0 Å². The van der Waals surface area contributed by atoms with Crippen LogP contribution in [0.15, 0.2) is 60.7 Å². The number of hydrogen-bond acceptors (Lipinski definition) is 3. The molecule has 0 aliphatic heterocycles. The van der Waals surface area contributed by atoms with E-state index in [1.807, 2.05) is 74.5 Å². The summed E-state index contributed by atoms with van der Waals surface area (Å²) in [6.07, 6.45) is -0.716. The van der Waals surface area contributed by atoms with E-state index in [1.54, 1.807) is 0 Å². The molecule has 1 atom stereocenters. The summed E-state index contributed by atoms with van der Waals surface area (Å²) in [5.41, 5.74) is 1.89. The Hall–Kier alpha value is -3.02. The van der Waals surface area contributed by atoms with Crippen LogP contribution in [0.4, 0.5) is 9.59 Å². The summed E-state index contributed by atoms with van der Waals surface area (Å²) in [4.78, 5) is 24.1. The molecule has 0 unspecified atom stereocenters. The molecule has 0 heterocycles. The maximum Gasteiger partial charge on any atom is 0.409 e. The van der Waals surface area contributed by atoms with Crippen LogP contribution in [0, 0.1) is 0 Å². The second kappa shape index (κ2) is 10.1. The molecule has 138 valence electrons. The highest BCUT2D eigenvalue weighted by Crippen LogP contribution is 2.04. The fourth-order valence-corrected chi connectivity index (χ4v) is 2.36. The van der Waals surface area contributed by atoms with E-state index in [4.69, 9.17) is 4.74 Å². The van der Waals surface area contributed by atoms with Crippen molar-refractivity contribution < 1.29 is 14.3 Å². The normalized spacial score (nSPS) is 11.5. The fourth-order valence-electron chi connectivity index (χ4n) is 2.36. The first-order valence-corrected chi connectivity index (χ1v) is 8.61. The van der Waals surface area contributed by atoms with E-state index in [-0.39, 0.29) is 18.7 Å². The van der Waals surface area contributed by atoms with E-state index in [0.717, 1.165) is 11.1 Å². The topological polar surface area (TPSA) is 79.5 Å². The minimum Gasteiger partial charge on any atom is -0.445 e. The van der Waals surface area contributed by atoms with Gasteiger partial charge < -0.3 is 20.7 Å². The molecule has 0 aliphatic rings. The molecule has 2 aromatic rings. The first kappa shape index (κ1) is 19.3. The van der Waals surface area contributed by atoms with Crippen molar-refractivity contribution in [2.45, 2.75) is 39.1 Å². The molecule has 0 aromatic heterocycles. The Kier molecular flexibility index (Phi) is 7.49. The minimum absolute atomic E-state index is 0.00240. The molecule has 0 saturated carbocycles. The largest absolute Gasteiger partial charge is 0.445 e. The van der Waals surface area contributed by atoms with Crippen molar-refractivity contribution in [1.82, 2.24) is 16.0 Å². The summed E-state index contributed by atoms with van der Waals surface area (Å²) >= 11 is 0. The predicted octanol–water partition coefficient (Wildman–Crippen LogP) is 3.19. The molecule has 0 fully saturated rings. The summed E-state index contributed by atoms with van der Waals surface area (Å²) in [5, 5.41) is 8.22. The smallest absolute Gasteiger partial charge is 0.409 e. The predicted molar refractivity (Wildman–Crippen MR) is 101 cm³/mol. The average molecular weight is 355 g/mol. The van der Waals surface area contributed by atoms with Crippen molar-refractivity contribution in [1.29, 1.82) is 0 Å². The van der Waals surface area contributed by atoms with E-state index >= 15 is 0 Å². The Labute approximate surface area is 153 Å². The van der Waals surface area contributed by atoms with E-state index in [9.17, 15) is 9.59 Å². The molecule has 3 amide bonds. The van der Waals surface area contributed by atoms with Crippen LogP contribution < -0.4 is 16.0 Å². The van der Waals surface area contributed by atoms with Crippen LogP contribution in [0.3, 0.4) is 0 Å². The average Bonchev–Trinajstić information content (AvgIpc) is 2.61. The lowest BCUT2D eigenvalue weighted by molar-refractivity contribution is 0.134. The number of amides is 3. The molecular formula is C20H25N3O3. The highest BCUT2D eigenvalue weighted by atomic mass is 16.5. The number of hydrogen-bond donors (Lipinski definition) is 3. The van der Waals surface area contributed by atoms with Gasteiger partial charge in [0.15, 0.2) is 0 Å². The van der Waals surface area contributed by atoms with Crippen molar-refractivity contribution >= 4 is 12.1 Å². The van der Waals surface area contributed by atoms with Crippen LogP contribution >= 0.6 is 0 Å². The molecular weight excluding hydrogens is 330 g/mol. The number of urea groups is 1. The SMILES string of the molecule is CC(C)NC(=O)N[C@@H](Cc1ccccc1)NC(=O)OCc1ccccc1. The Morgan fingerprint density at radius 1 is 0.846 bits per heavy atom. The highest BCUT2D eigenvalue weighted by molar-refractivity contribution is 5.75. The third-order valence-corrected chi connectivity index (χ3v) is 3.51. The zero-order chi connectivity index (χ0) is 18.8. The Bertz CT molecular complexity index is 690.